The van der Waals surface area contributed by atoms with E-state index >= 15 is 0 Å². The zero-order valence-corrected chi connectivity index (χ0v) is 14.7. The van der Waals surface area contributed by atoms with Crippen LogP contribution in [0.5, 0.6) is 11.5 Å². The van der Waals surface area contributed by atoms with Gasteiger partial charge in [0.2, 0.25) is 0 Å². The van der Waals surface area contributed by atoms with Gasteiger partial charge in [0.15, 0.2) is 0 Å². The highest BCUT2D eigenvalue weighted by Crippen LogP contribution is 2.32. The van der Waals surface area contributed by atoms with Gasteiger partial charge < -0.3 is 10.1 Å². The van der Waals surface area contributed by atoms with Gasteiger partial charge in [-0.15, -0.1) is 0 Å². The van der Waals surface area contributed by atoms with E-state index in [-0.39, 0.29) is 0 Å². The molecule has 0 heterocycles. The Morgan fingerprint density at radius 1 is 1.05 bits per heavy atom. The molecular weight excluding hydrogens is 326 g/mol. The number of rotatable bonds is 5. The van der Waals surface area contributed by atoms with Crippen molar-refractivity contribution >= 4 is 15.9 Å². The molecule has 0 amide bonds. The first-order valence-electron chi connectivity index (χ1n) is 7.26. The SMILES string of the molecule is CCNCc1ccc(Br)cc1Oc1cc(C)cc(C)c1C. The highest BCUT2D eigenvalue weighted by atomic mass is 79.9. The summed E-state index contributed by atoms with van der Waals surface area (Å²) in [4.78, 5) is 0. The van der Waals surface area contributed by atoms with Crippen molar-refractivity contribution in [3.05, 3.63) is 57.1 Å². The molecule has 112 valence electrons. The van der Waals surface area contributed by atoms with Crippen LogP contribution in [0.2, 0.25) is 0 Å². The van der Waals surface area contributed by atoms with Crippen LogP contribution in [0.25, 0.3) is 0 Å². The van der Waals surface area contributed by atoms with Gasteiger partial charge in [0.1, 0.15) is 11.5 Å². The second-order valence-electron chi connectivity index (χ2n) is 5.34. The molecule has 0 aromatic heterocycles. The lowest BCUT2D eigenvalue weighted by atomic mass is 10.1. The van der Waals surface area contributed by atoms with E-state index in [2.05, 4.69) is 67.1 Å². The smallest absolute Gasteiger partial charge is 0.133 e. The number of hydrogen-bond donors (Lipinski definition) is 1. The molecule has 0 spiro atoms. The first-order chi connectivity index (χ1) is 10.0. The quantitative estimate of drug-likeness (QED) is 0.794. The van der Waals surface area contributed by atoms with Crippen molar-refractivity contribution in [3.63, 3.8) is 0 Å². The number of halogens is 1. The number of nitrogens with one attached hydrogen (secondary N) is 1. The molecule has 0 saturated heterocycles. The van der Waals surface area contributed by atoms with E-state index in [0.717, 1.165) is 29.1 Å². The Morgan fingerprint density at radius 2 is 1.81 bits per heavy atom. The summed E-state index contributed by atoms with van der Waals surface area (Å²) in [7, 11) is 0. The third kappa shape index (κ3) is 4.08. The second-order valence-corrected chi connectivity index (χ2v) is 6.26. The van der Waals surface area contributed by atoms with Crippen LogP contribution in [0.1, 0.15) is 29.2 Å². The summed E-state index contributed by atoms with van der Waals surface area (Å²) in [6.45, 7) is 10.2. The van der Waals surface area contributed by atoms with Crippen molar-refractivity contribution in [2.45, 2.75) is 34.2 Å². The van der Waals surface area contributed by atoms with E-state index in [0.29, 0.717) is 0 Å². The van der Waals surface area contributed by atoms with Crippen molar-refractivity contribution in [3.8, 4) is 11.5 Å². The normalized spacial score (nSPS) is 10.7. The average molecular weight is 348 g/mol. The van der Waals surface area contributed by atoms with Crippen molar-refractivity contribution in [2.24, 2.45) is 0 Å². The molecule has 0 aliphatic carbocycles. The van der Waals surface area contributed by atoms with E-state index in [4.69, 9.17) is 4.74 Å². The summed E-state index contributed by atoms with van der Waals surface area (Å²) in [5.74, 6) is 1.83. The number of aryl methyl sites for hydroxylation is 2. The molecule has 2 aromatic carbocycles. The topological polar surface area (TPSA) is 21.3 Å². The highest BCUT2D eigenvalue weighted by Gasteiger charge is 2.09. The van der Waals surface area contributed by atoms with E-state index in [9.17, 15) is 0 Å². The molecule has 3 heteroatoms. The Balaban J connectivity index is 2.36. The molecule has 0 fully saturated rings. The molecule has 1 N–H and O–H groups in total. The number of hydrogen-bond acceptors (Lipinski definition) is 2. The van der Waals surface area contributed by atoms with E-state index < -0.39 is 0 Å². The molecule has 0 atom stereocenters. The highest BCUT2D eigenvalue weighted by molar-refractivity contribution is 9.10. The summed E-state index contributed by atoms with van der Waals surface area (Å²) in [5.41, 5.74) is 4.83. The molecule has 2 rings (SSSR count). The van der Waals surface area contributed by atoms with Gasteiger partial charge in [-0.2, -0.15) is 0 Å². The van der Waals surface area contributed by atoms with Crippen molar-refractivity contribution < 1.29 is 4.74 Å². The predicted octanol–water partition coefficient (Wildman–Crippen LogP) is 5.28. The Hall–Kier alpha value is -1.32. The third-order valence-electron chi connectivity index (χ3n) is 3.58. The average Bonchev–Trinajstić information content (AvgIpc) is 2.43. The molecule has 0 radical (unpaired) electrons. The van der Waals surface area contributed by atoms with Gasteiger partial charge in [-0.25, -0.2) is 0 Å². The van der Waals surface area contributed by atoms with Crippen LogP contribution in [-0.2, 0) is 6.54 Å². The summed E-state index contributed by atoms with van der Waals surface area (Å²) in [6, 6.07) is 10.5. The van der Waals surface area contributed by atoms with Crippen LogP contribution in [0.4, 0.5) is 0 Å². The number of benzene rings is 2. The zero-order valence-electron chi connectivity index (χ0n) is 13.1. The monoisotopic (exact) mass is 347 g/mol. The lowest BCUT2D eigenvalue weighted by Crippen LogP contribution is -2.12. The van der Waals surface area contributed by atoms with Crippen molar-refractivity contribution in [2.75, 3.05) is 6.54 Å². The van der Waals surface area contributed by atoms with Crippen LogP contribution in [-0.4, -0.2) is 6.54 Å². The Bertz CT molecular complexity index is 637. The maximum Gasteiger partial charge on any atom is 0.133 e. The second kappa shape index (κ2) is 7.10. The molecule has 0 aliphatic heterocycles. The maximum atomic E-state index is 6.21. The van der Waals surface area contributed by atoms with E-state index in [1.54, 1.807) is 0 Å². The minimum absolute atomic E-state index is 0.808. The molecule has 0 bridgehead atoms. The molecule has 0 aliphatic rings. The van der Waals surface area contributed by atoms with Crippen LogP contribution < -0.4 is 10.1 Å². The Morgan fingerprint density at radius 3 is 2.52 bits per heavy atom. The molecule has 21 heavy (non-hydrogen) atoms. The largest absolute Gasteiger partial charge is 0.457 e. The summed E-state index contributed by atoms with van der Waals surface area (Å²) >= 11 is 3.52. The Kier molecular flexibility index (Phi) is 5.43. The Labute approximate surface area is 135 Å². The van der Waals surface area contributed by atoms with E-state index in [1.807, 2.05) is 12.1 Å². The van der Waals surface area contributed by atoms with Crippen molar-refractivity contribution in [1.82, 2.24) is 5.32 Å². The van der Waals surface area contributed by atoms with Gasteiger partial charge in [-0.3, -0.25) is 0 Å². The van der Waals surface area contributed by atoms with Gasteiger partial charge in [0.05, 0.1) is 0 Å². The molecule has 2 nitrogen and oxygen atoms in total. The summed E-state index contributed by atoms with van der Waals surface area (Å²) in [5, 5.41) is 3.35. The fourth-order valence-corrected chi connectivity index (χ4v) is 2.59. The fourth-order valence-electron chi connectivity index (χ4n) is 2.25. The van der Waals surface area contributed by atoms with Crippen LogP contribution >= 0.6 is 15.9 Å². The fraction of sp³-hybridized carbons (Fsp3) is 0.333. The number of ether oxygens (including phenoxy) is 1. The maximum absolute atomic E-state index is 6.21. The van der Waals surface area contributed by atoms with Gasteiger partial charge in [0.25, 0.3) is 0 Å². The minimum atomic E-state index is 0.808. The predicted molar refractivity (Wildman–Crippen MR) is 92.2 cm³/mol. The zero-order chi connectivity index (χ0) is 15.4. The van der Waals surface area contributed by atoms with Gasteiger partial charge in [-0.1, -0.05) is 35.0 Å². The molecule has 0 unspecified atom stereocenters. The standard InChI is InChI=1S/C18H22BrNO/c1-5-20-11-15-6-7-16(19)10-18(15)21-17-9-12(2)8-13(3)14(17)4/h6-10,20H,5,11H2,1-4H3. The van der Waals surface area contributed by atoms with Crippen LogP contribution in [0.3, 0.4) is 0 Å². The molecular formula is C18H22BrNO. The molecule has 0 saturated carbocycles. The van der Waals surface area contributed by atoms with Gasteiger partial charge >= 0.3 is 0 Å². The first-order valence-corrected chi connectivity index (χ1v) is 8.05. The summed E-state index contributed by atoms with van der Waals surface area (Å²) in [6.07, 6.45) is 0. The first kappa shape index (κ1) is 16.1. The lowest BCUT2D eigenvalue weighted by Gasteiger charge is -2.15. The van der Waals surface area contributed by atoms with Gasteiger partial charge in [0, 0.05) is 16.6 Å². The summed E-state index contributed by atoms with van der Waals surface area (Å²) < 4.78 is 7.24. The van der Waals surface area contributed by atoms with E-state index in [1.165, 1.54) is 22.3 Å². The third-order valence-corrected chi connectivity index (χ3v) is 4.07. The minimum Gasteiger partial charge on any atom is -0.457 e. The molecule has 2 aromatic rings. The van der Waals surface area contributed by atoms with Gasteiger partial charge in [-0.05, 0) is 62.2 Å². The van der Waals surface area contributed by atoms with Crippen molar-refractivity contribution in [1.29, 1.82) is 0 Å². The van der Waals surface area contributed by atoms with Crippen LogP contribution in [0, 0.1) is 20.8 Å². The van der Waals surface area contributed by atoms with Crippen LogP contribution in [0.15, 0.2) is 34.8 Å². The lowest BCUT2D eigenvalue weighted by molar-refractivity contribution is 0.468.